The minimum atomic E-state index is -3.32. The number of amides is 1. The van der Waals surface area contributed by atoms with E-state index < -0.39 is 15.6 Å². The Morgan fingerprint density at radius 1 is 1.46 bits per heavy atom. The average Bonchev–Trinajstić information content (AvgIpc) is 3.03. The Hall–Kier alpha value is -1.51. The minimum Gasteiger partial charge on any atom is -0.380 e. The predicted octanol–water partition coefficient (Wildman–Crippen LogP) is 0.118. The Kier molecular flexibility index (Phi) is 4.89. The van der Waals surface area contributed by atoms with Crippen molar-refractivity contribution < 1.29 is 22.7 Å². The summed E-state index contributed by atoms with van der Waals surface area (Å²) in [6, 6.07) is 3.80. The number of nitrogens with zero attached hydrogens (tertiary/aromatic N) is 2. The molecule has 2 fully saturated rings. The van der Waals surface area contributed by atoms with Crippen LogP contribution < -0.4 is 0 Å². The molecule has 8 heteroatoms. The van der Waals surface area contributed by atoms with Gasteiger partial charge in [-0.25, -0.2) is 8.42 Å². The van der Waals surface area contributed by atoms with E-state index in [0.29, 0.717) is 39.5 Å². The van der Waals surface area contributed by atoms with E-state index in [1.807, 2.05) is 12.1 Å². The standard InChI is InChI=1S/C16H22N2O5S/c1-24(20,21)9-15(19)18-6-14-8-23-12-16(14,10-18)11-22-7-13-2-4-17-5-3-13/h2-5,14H,6-12H2,1H3/t14-,16-/m1/s1. The van der Waals surface area contributed by atoms with Crippen molar-refractivity contribution in [2.45, 2.75) is 6.61 Å². The lowest BCUT2D eigenvalue weighted by Crippen LogP contribution is -2.39. The maximum Gasteiger partial charge on any atom is 0.237 e. The zero-order valence-electron chi connectivity index (χ0n) is 13.7. The summed E-state index contributed by atoms with van der Waals surface area (Å²) >= 11 is 0. The molecule has 3 rings (SSSR count). The van der Waals surface area contributed by atoms with Crippen molar-refractivity contribution in [3.8, 4) is 0 Å². The van der Waals surface area contributed by atoms with Crippen LogP contribution in [-0.4, -0.2) is 69.1 Å². The number of carbonyl (C=O) groups excluding carboxylic acids is 1. The molecular weight excluding hydrogens is 332 g/mol. The van der Waals surface area contributed by atoms with Crippen LogP contribution in [-0.2, 0) is 30.7 Å². The third-order valence-electron chi connectivity index (χ3n) is 4.67. The number of rotatable bonds is 6. The first-order valence-corrected chi connectivity index (χ1v) is 9.94. The summed E-state index contributed by atoms with van der Waals surface area (Å²) in [6.07, 6.45) is 4.53. The Balaban J connectivity index is 1.60. The molecular formula is C16H22N2O5S. The molecule has 2 aliphatic heterocycles. The topological polar surface area (TPSA) is 85.8 Å². The minimum absolute atomic E-state index is 0.193. The molecule has 3 heterocycles. The van der Waals surface area contributed by atoms with Gasteiger partial charge < -0.3 is 14.4 Å². The summed E-state index contributed by atoms with van der Waals surface area (Å²) in [4.78, 5) is 17.8. The smallest absolute Gasteiger partial charge is 0.237 e. The second-order valence-corrected chi connectivity index (χ2v) is 8.91. The van der Waals surface area contributed by atoms with Gasteiger partial charge in [0.2, 0.25) is 5.91 Å². The average molecular weight is 354 g/mol. The lowest BCUT2D eigenvalue weighted by molar-refractivity contribution is -0.128. The van der Waals surface area contributed by atoms with Crippen LogP contribution in [0.1, 0.15) is 5.56 Å². The molecule has 132 valence electrons. The van der Waals surface area contributed by atoms with Crippen LogP contribution in [0, 0.1) is 11.3 Å². The molecule has 2 atom stereocenters. The van der Waals surface area contributed by atoms with Crippen LogP contribution in [0.15, 0.2) is 24.5 Å². The van der Waals surface area contributed by atoms with E-state index in [1.54, 1.807) is 17.3 Å². The van der Waals surface area contributed by atoms with Gasteiger partial charge in [-0.15, -0.1) is 0 Å². The Labute approximate surface area is 141 Å². The Morgan fingerprint density at radius 3 is 2.92 bits per heavy atom. The molecule has 0 aromatic carbocycles. The highest BCUT2D eigenvalue weighted by atomic mass is 32.2. The fourth-order valence-electron chi connectivity index (χ4n) is 3.39. The van der Waals surface area contributed by atoms with Crippen LogP contribution in [0.5, 0.6) is 0 Å². The van der Waals surface area contributed by atoms with E-state index in [9.17, 15) is 13.2 Å². The van der Waals surface area contributed by atoms with Gasteiger partial charge in [-0.1, -0.05) is 0 Å². The number of likely N-dealkylation sites (tertiary alicyclic amines) is 1. The molecule has 2 saturated heterocycles. The molecule has 2 aliphatic rings. The Bertz CT molecular complexity index is 694. The monoisotopic (exact) mass is 354 g/mol. The van der Waals surface area contributed by atoms with Gasteiger partial charge in [-0.05, 0) is 17.7 Å². The number of fused-ring (bicyclic) bond motifs is 1. The van der Waals surface area contributed by atoms with Crippen LogP contribution >= 0.6 is 0 Å². The first kappa shape index (κ1) is 17.3. The molecule has 1 amide bonds. The molecule has 1 aromatic heterocycles. The molecule has 24 heavy (non-hydrogen) atoms. The van der Waals surface area contributed by atoms with Crippen LogP contribution in [0.2, 0.25) is 0 Å². The molecule has 7 nitrogen and oxygen atoms in total. The van der Waals surface area contributed by atoms with E-state index in [-0.39, 0.29) is 17.2 Å². The van der Waals surface area contributed by atoms with Gasteiger partial charge in [-0.3, -0.25) is 9.78 Å². The normalized spacial score (nSPS) is 26.5. The third-order valence-corrected chi connectivity index (χ3v) is 5.44. The number of hydrogen-bond donors (Lipinski definition) is 0. The second kappa shape index (κ2) is 6.78. The summed E-state index contributed by atoms with van der Waals surface area (Å²) in [6.45, 7) is 3.12. The first-order valence-electron chi connectivity index (χ1n) is 7.88. The molecule has 0 N–H and O–H groups in total. The number of aromatic nitrogens is 1. The van der Waals surface area contributed by atoms with E-state index in [4.69, 9.17) is 9.47 Å². The maximum atomic E-state index is 12.2. The molecule has 0 spiro atoms. The van der Waals surface area contributed by atoms with Gasteiger partial charge in [0.05, 0.1) is 26.4 Å². The largest absolute Gasteiger partial charge is 0.380 e. The maximum absolute atomic E-state index is 12.2. The molecule has 0 bridgehead atoms. The number of carbonyl (C=O) groups is 1. The lowest BCUT2D eigenvalue weighted by atomic mass is 9.82. The zero-order valence-corrected chi connectivity index (χ0v) is 14.5. The fourth-order valence-corrected chi connectivity index (χ4v) is 4.02. The van der Waals surface area contributed by atoms with Crippen molar-refractivity contribution in [2.75, 3.05) is 44.9 Å². The number of hydrogen-bond acceptors (Lipinski definition) is 6. The Morgan fingerprint density at radius 2 is 2.21 bits per heavy atom. The van der Waals surface area contributed by atoms with E-state index in [2.05, 4.69) is 4.98 Å². The van der Waals surface area contributed by atoms with Crippen molar-refractivity contribution in [2.24, 2.45) is 11.3 Å². The zero-order chi connectivity index (χ0) is 17.2. The highest BCUT2D eigenvalue weighted by molar-refractivity contribution is 7.91. The molecule has 0 unspecified atom stereocenters. The number of ether oxygens (including phenoxy) is 2. The highest BCUT2D eigenvalue weighted by Gasteiger charge is 2.52. The van der Waals surface area contributed by atoms with Gasteiger partial charge in [0.1, 0.15) is 5.75 Å². The van der Waals surface area contributed by atoms with Crippen LogP contribution in [0.4, 0.5) is 0 Å². The fraction of sp³-hybridized carbons (Fsp3) is 0.625. The molecule has 1 aromatic rings. The molecule has 0 aliphatic carbocycles. The number of pyridine rings is 1. The number of sulfone groups is 1. The molecule has 0 radical (unpaired) electrons. The summed E-state index contributed by atoms with van der Waals surface area (Å²) in [5.74, 6) is -0.576. The van der Waals surface area contributed by atoms with Gasteiger partial charge in [0.15, 0.2) is 9.84 Å². The van der Waals surface area contributed by atoms with Gasteiger partial charge in [-0.2, -0.15) is 0 Å². The quantitative estimate of drug-likeness (QED) is 0.721. The SMILES string of the molecule is CS(=O)(=O)CC(=O)N1C[C@@H]2COC[C@]2(COCc2ccncc2)C1. The van der Waals surface area contributed by atoms with Crippen LogP contribution in [0.3, 0.4) is 0 Å². The summed E-state index contributed by atoms with van der Waals surface area (Å²) in [5, 5.41) is 0. The van der Waals surface area contributed by atoms with Crippen molar-refractivity contribution in [1.29, 1.82) is 0 Å². The summed E-state index contributed by atoms with van der Waals surface area (Å²) in [5.41, 5.74) is 0.806. The van der Waals surface area contributed by atoms with E-state index >= 15 is 0 Å². The lowest BCUT2D eigenvalue weighted by Gasteiger charge is -2.26. The van der Waals surface area contributed by atoms with Crippen molar-refractivity contribution in [3.05, 3.63) is 30.1 Å². The third kappa shape index (κ3) is 3.93. The van der Waals surface area contributed by atoms with E-state index in [1.165, 1.54) is 0 Å². The summed E-state index contributed by atoms with van der Waals surface area (Å²) in [7, 11) is -3.32. The van der Waals surface area contributed by atoms with E-state index in [0.717, 1.165) is 11.8 Å². The van der Waals surface area contributed by atoms with Gasteiger partial charge in [0.25, 0.3) is 0 Å². The van der Waals surface area contributed by atoms with Gasteiger partial charge >= 0.3 is 0 Å². The highest BCUT2D eigenvalue weighted by Crippen LogP contribution is 2.41. The summed E-state index contributed by atoms with van der Waals surface area (Å²) < 4.78 is 34.2. The van der Waals surface area contributed by atoms with Crippen LogP contribution in [0.25, 0.3) is 0 Å². The van der Waals surface area contributed by atoms with Crippen molar-refractivity contribution in [1.82, 2.24) is 9.88 Å². The second-order valence-electron chi connectivity index (χ2n) is 6.77. The van der Waals surface area contributed by atoms with Gasteiger partial charge in [0, 0.05) is 43.1 Å². The predicted molar refractivity (Wildman–Crippen MR) is 86.9 cm³/mol. The first-order chi connectivity index (χ1) is 11.4. The van der Waals surface area contributed by atoms with Crippen molar-refractivity contribution >= 4 is 15.7 Å². The van der Waals surface area contributed by atoms with Crippen molar-refractivity contribution in [3.63, 3.8) is 0 Å². The molecule has 0 saturated carbocycles.